The van der Waals surface area contributed by atoms with Crippen molar-refractivity contribution in [1.29, 1.82) is 0 Å². The number of aromatic nitrogens is 1. The van der Waals surface area contributed by atoms with E-state index >= 15 is 0 Å². The zero-order chi connectivity index (χ0) is 19.0. The zero-order valence-corrected chi connectivity index (χ0v) is 17.1. The highest BCUT2D eigenvalue weighted by atomic mass is 32.1. The Hall–Kier alpha value is -2.29. The summed E-state index contributed by atoms with van der Waals surface area (Å²) in [6.07, 6.45) is 1.88. The van der Waals surface area contributed by atoms with Crippen LogP contribution in [0.3, 0.4) is 0 Å². The molecule has 3 aromatic rings. The summed E-state index contributed by atoms with van der Waals surface area (Å²) in [5.74, 6) is -0.426. The van der Waals surface area contributed by atoms with Gasteiger partial charge in [-0.25, -0.2) is 9.79 Å². The Morgan fingerprint density at radius 1 is 1.30 bits per heavy atom. The molecule has 4 rings (SSSR count). The van der Waals surface area contributed by atoms with Crippen molar-refractivity contribution in [2.24, 2.45) is 4.99 Å². The fourth-order valence-electron chi connectivity index (χ4n) is 3.01. The molecule has 8 heteroatoms. The van der Waals surface area contributed by atoms with Gasteiger partial charge >= 0.3 is 5.97 Å². The summed E-state index contributed by atoms with van der Waals surface area (Å²) in [6.45, 7) is 3.84. The molecule has 0 saturated carbocycles. The molecule has 27 heavy (non-hydrogen) atoms. The van der Waals surface area contributed by atoms with Gasteiger partial charge in [0.25, 0.3) is 5.56 Å². The van der Waals surface area contributed by atoms with Crippen LogP contribution in [0.25, 0.3) is 6.08 Å². The molecule has 0 bridgehead atoms. The molecule has 0 amide bonds. The summed E-state index contributed by atoms with van der Waals surface area (Å²) in [7, 11) is 0. The lowest BCUT2D eigenvalue weighted by Gasteiger charge is -2.23. The van der Waals surface area contributed by atoms with Crippen LogP contribution in [0.2, 0.25) is 0 Å². The number of nitrogens with zero attached hydrogens (tertiary/aromatic N) is 2. The Morgan fingerprint density at radius 2 is 2.07 bits per heavy atom. The van der Waals surface area contributed by atoms with Crippen LogP contribution in [0.15, 0.2) is 56.1 Å². The van der Waals surface area contributed by atoms with E-state index in [1.165, 1.54) is 22.7 Å². The fourth-order valence-corrected chi connectivity index (χ4v) is 5.60. The van der Waals surface area contributed by atoms with Gasteiger partial charge in [0.15, 0.2) is 4.80 Å². The maximum Gasteiger partial charge on any atom is 0.338 e. The molecular formula is C19H16N2O3S3. The minimum Gasteiger partial charge on any atom is -0.463 e. The third kappa shape index (κ3) is 3.24. The second kappa shape index (κ2) is 7.38. The van der Waals surface area contributed by atoms with Crippen molar-refractivity contribution in [2.75, 3.05) is 6.61 Å². The number of hydrogen-bond acceptors (Lipinski definition) is 7. The number of hydrogen-bond donors (Lipinski definition) is 0. The Morgan fingerprint density at radius 3 is 2.74 bits per heavy atom. The molecule has 1 unspecified atom stereocenters. The van der Waals surface area contributed by atoms with Gasteiger partial charge in [0.05, 0.1) is 22.4 Å². The quantitative estimate of drug-likeness (QED) is 0.615. The lowest BCUT2D eigenvalue weighted by molar-refractivity contribution is -0.139. The van der Waals surface area contributed by atoms with Crippen LogP contribution in [-0.2, 0) is 9.53 Å². The Bertz CT molecular complexity index is 1180. The van der Waals surface area contributed by atoms with Gasteiger partial charge in [0, 0.05) is 9.75 Å². The fraction of sp³-hybridized carbons (Fsp3) is 0.211. The van der Waals surface area contributed by atoms with Gasteiger partial charge in [-0.2, -0.15) is 0 Å². The molecule has 0 fully saturated rings. The summed E-state index contributed by atoms with van der Waals surface area (Å²) in [5.41, 5.74) is 0.880. The first-order valence-electron chi connectivity index (χ1n) is 8.36. The molecule has 1 aliphatic rings. The van der Waals surface area contributed by atoms with Gasteiger partial charge < -0.3 is 4.74 Å². The molecule has 0 aromatic carbocycles. The molecule has 138 valence electrons. The average molecular weight is 417 g/mol. The van der Waals surface area contributed by atoms with E-state index in [4.69, 9.17) is 4.74 Å². The highest BCUT2D eigenvalue weighted by Gasteiger charge is 2.33. The Balaban J connectivity index is 1.96. The second-order valence-corrected chi connectivity index (χ2v) is 8.80. The van der Waals surface area contributed by atoms with E-state index < -0.39 is 12.0 Å². The van der Waals surface area contributed by atoms with Crippen molar-refractivity contribution in [3.8, 4) is 0 Å². The average Bonchev–Trinajstić information content (AvgIpc) is 3.38. The normalized spacial score (nSPS) is 17.0. The summed E-state index contributed by atoms with van der Waals surface area (Å²) < 4.78 is 7.48. The number of carbonyl (C=O) groups is 1. The summed E-state index contributed by atoms with van der Waals surface area (Å²) in [5, 5.41) is 3.91. The molecule has 0 aliphatic carbocycles. The first-order valence-corrected chi connectivity index (χ1v) is 10.9. The molecular weight excluding hydrogens is 400 g/mol. The minimum atomic E-state index is -0.509. The number of ether oxygens (including phenoxy) is 1. The SMILES string of the molecule is CCOC(=O)C1=C(C)N=c2s/c(=C/c3cccs3)c(=O)n2C1c1cccs1. The number of rotatable bonds is 4. The van der Waals surface area contributed by atoms with Gasteiger partial charge in [-0.15, -0.1) is 22.7 Å². The van der Waals surface area contributed by atoms with E-state index in [-0.39, 0.29) is 12.2 Å². The maximum absolute atomic E-state index is 13.2. The van der Waals surface area contributed by atoms with Crippen molar-refractivity contribution in [3.63, 3.8) is 0 Å². The second-order valence-electron chi connectivity index (χ2n) is 5.83. The molecule has 1 aliphatic heterocycles. The molecule has 4 heterocycles. The van der Waals surface area contributed by atoms with Gasteiger partial charge in [-0.1, -0.05) is 23.5 Å². The molecule has 0 radical (unpaired) electrons. The van der Waals surface area contributed by atoms with Crippen LogP contribution in [0.4, 0.5) is 0 Å². The monoisotopic (exact) mass is 416 g/mol. The van der Waals surface area contributed by atoms with Gasteiger partial charge in [-0.05, 0) is 42.8 Å². The third-order valence-corrected chi connectivity index (χ3v) is 6.87. The van der Waals surface area contributed by atoms with Crippen molar-refractivity contribution in [2.45, 2.75) is 19.9 Å². The first kappa shape index (κ1) is 18.1. The van der Waals surface area contributed by atoms with Crippen LogP contribution >= 0.6 is 34.0 Å². The van der Waals surface area contributed by atoms with Crippen LogP contribution in [0, 0.1) is 0 Å². The first-order chi connectivity index (χ1) is 13.1. The highest BCUT2D eigenvalue weighted by Crippen LogP contribution is 2.33. The number of thiophene rings is 2. The van der Waals surface area contributed by atoms with Gasteiger partial charge in [0.1, 0.15) is 6.04 Å². The summed E-state index contributed by atoms with van der Waals surface area (Å²) >= 11 is 4.43. The van der Waals surface area contributed by atoms with Crippen LogP contribution < -0.4 is 14.9 Å². The lowest BCUT2D eigenvalue weighted by atomic mass is 10.0. The van der Waals surface area contributed by atoms with E-state index in [1.54, 1.807) is 29.8 Å². The van der Waals surface area contributed by atoms with E-state index in [0.717, 1.165) is 9.75 Å². The van der Waals surface area contributed by atoms with E-state index in [9.17, 15) is 9.59 Å². The molecule has 0 saturated heterocycles. The van der Waals surface area contributed by atoms with E-state index in [0.29, 0.717) is 20.6 Å². The van der Waals surface area contributed by atoms with Crippen LogP contribution in [0.1, 0.15) is 29.6 Å². The number of carbonyl (C=O) groups excluding carboxylic acids is 1. The number of allylic oxidation sites excluding steroid dienone is 1. The molecule has 5 nitrogen and oxygen atoms in total. The highest BCUT2D eigenvalue weighted by molar-refractivity contribution is 7.11. The summed E-state index contributed by atoms with van der Waals surface area (Å²) in [4.78, 5) is 32.9. The van der Waals surface area contributed by atoms with Crippen molar-refractivity contribution >= 4 is 46.1 Å². The number of fused-ring (bicyclic) bond motifs is 1. The largest absolute Gasteiger partial charge is 0.463 e. The van der Waals surface area contributed by atoms with Crippen molar-refractivity contribution in [3.05, 3.63) is 75.7 Å². The third-order valence-electron chi connectivity index (χ3n) is 4.15. The molecule has 3 aromatic heterocycles. The predicted octanol–water partition coefficient (Wildman–Crippen LogP) is 2.92. The minimum absolute atomic E-state index is 0.139. The van der Waals surface area contributed by atoms with Crippen LogP contribution in [-0.4, -0.2) is 17.1 Å². The van der Waals surface area contributed by atoms with Crippen molar-refractivity contribution in [1.82, 2.24) is 4.57 Å². The Kier molecular flexibility index (Phi) is 4.94. The van der Waals surface area contributed by atoms with E-state index in [1.807, 2.05) is 41.1 Å². The zero-order valence-electron chi connectivity index (χ0n) is 14.7. The maximum atomic E-state index is 13.2. The molecule has 0 N–H and O–H groups in total. The summed E-state index contributed by atoms with van der Waals surface area (Å²) in [6, 6.07) is 7.26. The predicted molar refractivity (Wildman–Crippen MR) is 109 cm³/mol. The standard InChI is InChI=1S/C19H16N2O3S3/c1-3-24-18(23)15-11(2)20-19-21(16(15)13-7-5-9-26-13)17(22)14(27-19)10-12-6-4-8-25-12/h4-10,16H,3H2,1-2H3/b14-10+. The molecule has 1 atom stereocenters. The molecule has 0 spiro atoms. The number of esters is 1. The van der Waals surface area contributed by atoms with Crippen molar-refractivity contribution < 1.29 is 9.53 Å². The van der Waals surface area contributed by atoms with E-state index in [2.05, 4.69) is 4.99 Å². The van der Waals surface area contributed by atoms with Crippen LogP contribution in [0.5, 0.6) is 0 Å². The number of thiazole rings is 1. The van der Waals surface area contributed by atoms with Gasteiger partial charge in [-0.3, -0.25) is 9.36 Å². The van der Waals surface area contributed by atoms with Gasteiger partial charge in [0.2, 0.25) is 0 Å². The lowest BCUT2D eigenvalue weighted by Crippen LogP contribution is -2.39. The Labute approximate surface area is 167 Å². The topological polar surface area (TPSA) is 60.7 Å². The smallest absolute Gasteiger partial charge is 0.338 e.